The molecule has 2 aromatic rings. The number of aromatic amines is 1. The number of rotatable bonds is 5. The standard InChI is InChI=1S/C20H23FN4O5S/c21-19-15-10-31(27,28)9-12(15)2-4-16(19)23-18-6-17(24-25-18)11-1-3-14(5-11)30-20(26)22-13-7-29-8-13/h2,4,6,11,13-14H,1,3,5,7-10H2,(H,22,26)(H2,23,24,25). The van der Waals surface area contributed by atoms with Gasteiger partial charge in [-0.1, -0.05) is 6.07 Å². The van der Waals surface area contributed by atoms with Crippen LogP contribution in [0, 0.1) is 5.82 Å². The van der Waals surface area contributed by atoms with E-state index in [1.165, 1.54) is 6.07 Å². The first kappa shape index (κ1) is 20.3. The number of hydrogen-bond donors (Lipinski definition) is 3. The van der Waals surface area contributed by atoms with Crippen molar-refractivity contribution in [2.75, 3.05) is 18.5 Å². The molecule has 1 saturated heterocycles. The van der Waals surface area contributed by atoms with Gasteiger partial charge in [-0.05, 0) is 30.9 Å². The summed E-state index contributed by atoms with van der Waals surface area (Å²) in [4.78, 5) is 11.9. The largest absolute Gasteiger partial charge is 0.446 e. The van der Waals surface area contributed by atoms with E-state index in [2.05, 4.69) is 20.8 Å². The Hall–Kier alpha value is -2.66. The van der Waals surface area contributed by atoms with Crippen LogP contribution in [0.3, 0.4) is 0 Å². The normalized spacial score (nSPS) is 24.4. The number of benzene rings is 1. The maximum atomic E-state index is 14.8. The van der Waals surface area contributed by atoms with Crippen LogP contribution in [0.15, 0.2) is 18.2 Å². The minimum Gasteiger partial charge on any atom is -0.446 e. The second-order valence-electron chi connectivity index (χ2n) is 8.35. The van der Waals surface area contributed by atoms with Crippen molar-refractivity contribution in [1.29, 1.82) is 0 Å². The predicted molar refractivity (Wildman–Crippen MR) is 109 cm³/mol. The highest BCUT2D eigenvalue weighted by molar-refractivity contribution is 7.90. The maximum absolute atomic E-state index is 14.8. The van der Waals surface area contributed by atoms with Gasteiger partial charge in [-0.25, -0.2) is 17.6 Å². The van der Waals surface area contributed by atoms with Gasteiger partial charge in [-0.3, -0.25) is 5.10 Å². The number of alkyl carbamates (subject to hydrolysis) is 1. The monoisotopic (exact) mass is 450 g/mol. The van der Waals surface area contributed by atoms with Crippen LogP contribution >= 0.6 is 0 Å². The molecule has 0 radical (unpaired) electrons. The Labute approximate surface area is 178 Å². The highest BCUT2D eigenvalue weighted by Crippen LogP contribution is 2.37. The summed E-state index contributed by atoms with van der Waals surface area (Å²) in [6, 6.07) is 5.01. The summed E-state index contributed by atoms with van der Waals surface area (Å²) in [5, 5.41) is 12.9. The number of ether oxygens (including phenoxy) is 2. The van der Waals surface area contributed by atoms with Gasteiger partial charge >= 0.3 is 6.09 Å². The summed E-state index contributed by atoms with van der Waals surface area (Å²) in [6.45, 7) is 1.04. The third-order valence-corrected chi connectivity index (χ3v) is 7.48. The zero-order valence-corrected chi connectivity index (χ0v) is 17.5. The summed E-state index contributed by atoms with van der Waals surface area (Å²) in [6.07, 6.45) is 1.70. The molecule has 2 atom stereocenters. The molecule has 2 unspecified atom stereocenters. The van der Waals surface area contributed by atoms with E-state index in [0.29, 0.717) is 31.0 Å². The molecule has 166 valence electrons. The first-order valence-electron chi connectivity index (χ1n) is 10.2. The molecular formula is C20H23FN4O5S. The number of halogens is 1. The summed E-state index contributed by atoms with van der Waals surface area (Å²) in [5.74, 6) is -0.353. The van der Waals surface area contributed by atoms with Crippen molar-refractivity contribution in [3.05, 3.63) is 40.8 Å². The SMILES string of the molecule is O=C(NC1COC1)OC1CCC(c2cc(Nc3ccc4c(c3F)CS(=O)(=O)C4)n[nH]2)C1. The fraction of sp³-hybridized carbons (Fsp3) is 0.500. The number of nitrogens with one attached hydrogen (secondary N) is 3. The predicted octanol–water partition coefficient (Wildman–Crippen LogP) is 2.48. The van der Waals surface area contributed by atoms with Crippen LogP contribution in [0.5, 0.6) is 0 Å². The fourth-order valence-electron chi connectivity index (χ4n) is 4.31. The Kier molecular flexibility index (Phi) is 5.09. The second kappa shape index (κ2) is 7.79. The van der Waals surface area contributed by atoms with E-state index in [1.54, 1.807) is 6.07 Å². The Morgan fingerprint density at radius 1 is 1.26 bits per heavy atom. The second-order valence-corrected chi connectivity index (χ2v) is 10.4. The van der Waals surface area contributed by atoms with Crippen molar-refractivity contribution in [3.8, 4) is 0 Å². The molecule has 9 nitrogen and oxygen atoms in total. The maximum Gasteiger partial charge on any atom is 0.407 e. The minimum absolute atomic E-state index is 0.0330. The molecule has 3 heterocycles. The summed E-state index contributed by atoms with van der Waals surface area (Å²) in [5.41, 5.74) is 1.81. The molecule has 1 aromatic heterocycles. The third-order valence-electron chi connectivity index (χ3n) is 6.00. The lowest BCUT2D eigenvalue weighted by atomic mass is 10.0. The Morgan fingerprint density at radius 2 is 2.10 bits per heavy atom. The summed E-state index contributed by atoms with van der Waals surface area (Å²) in [7, 11) is -3.28. The van der Waals surface area contributed by atoms with Gasteiger partial charge in [0.15, 0.2) is 21.5 Å². The number of hydrogen-bond acceptors (Lipinski definition) is 7. The van der Waals surface area contributed by atoms with E-state index in [9.17, 15) is 17.6 Å². The first-order chi connectivity index (χ1) is 14.9. The molecule has 0 bridgehead atoms. The van der Waals surface area contributed by atoms with Crippen molar-refractivity contribution in [2.24, 2.45) is 0 Å². The van der Waals surface area contributed by atoms with Crippen LogP contribution in [-0.4, -0.2) is 50.1 Å². The molecule has 0 spiro atoms. The van der Waals surface area contributed by atoms with Crippen molar-refractivity contribution in [1.82, 2.24) is 15.5 Å². The number of anilines is 2. The van der Waals surface area contributed by atoms with Crippen molar-refractivity contribution < 1.29 is 27.1 Å². The number of nitrogens with zero attached hydrogens (tertiary/aromatic N) is 1. The van der Waals surface area contributed by atoms with Crippen LogP contribution in [0.2, 0.25) is 0 Å². The van der Waals surface area contributed by atoms with E-state index in [-0.39, 0.29) is 40.8 Å². The number of sulfone groups is 1. The van der Waals surface area contributed by atoms with E-state index in [4.69, 9.17) is 9.47 Å². The van der Waals surface area contributed by atoms with Gasteiger partial charge in [0.2, 0.25) is 0 Å². The summed E-state index contributed by atoms with van der Waals surface area (Å²) < 4.78 is 48.9. The van der Waals surface area contributed by atoms with Gasteiger partial charge in [0.1, 0.15) is 6.10 Å². The van der Waals surface area contributed by atoms with Gasteiger partial charge in [-0.15, -0.1) is 0 Å². The summed E-state index contributed by atoms with van der Waals surface area (Å²) >= 11 is 0. The van der Waals surface area contributed by atoms with E-state index in [0.717, 1.165) is 18.5 Å². The van der Waals surface area contributed by atoms with Crippen LogP contribution in [0.25, 0.3) is 0 Å². The number of H-pyrrole nitrogens is 1. The average Bonchev–Trinajstić information content (AvgIpc) is 3.39. The zero-order chi connectivity index (χ0) is 21.6. The van der Waals surface area contributed by atoms with Gasteiger partial charge < -0.3 is 20.1 Å². The quantitative estimate of drug-likeness (QED) is 0.640. The molecule has 1 amide bonds. The lowest BCUT2D eigenvalue weighted by Gasteiger charge is -2.27. The number of fused-ring (bicyclic) bond motifs is 1. The van der Waals surface area contributed by atoms with Crippen LogP contribution in [-0.2, 0) is 30.8 Å². The molecule has 31 heavy (non-hydrogen) atoms. The minimum atomic E-state index is -3.28. The van der Waals surface area contributed by atoms with E-state index >= 15 is 0 Å². The highest BCUT2D eigenvalue weighted by atomic mass is 32.2. The van der Waals surface area contributed by atoms with Crippen molar-refractivity contribution >= 4 is 27.4 Å². The number of amides is 1. The fourth-order valence-corrected chi connectivity index (χ4v) is 5.90. The molecule has 1 aromatic carbocycles. The van der Waals surface area contributed by atoms with E-state index in [1.807, 2.05) is 6.07 Å². The van der Waals surface area contributed by atoms with Crippen molar-refractivity contribution in [2.45, 2.75) is 48.8 Å². The van der Waals surface area contributed by atoms with Crippen LogP contribution in [0.1, 0.15) is 42.0 Å². The van der Waals surface area contributed by atoms with Gasteiger partial charge in [0.05, 0.1) is 36.4 Å². The highest BCUT2D eigenvalue weighted by Gasteiger charge is 2.32. The Morgan fingerprint density at radius 3 is 2.87 bits per heavy atom. The lowest BCUT2D eigenvalue weighted by Crippen LogP contribution is -2.49. The molecule has 11 heteroatoms. The molecule has 2 fully saturated rings. The Balaban J connectivity index is 1.20. The number of carbonyl (C=O) groups excluding carboxylic acids is 1. The molecule has 1 aliphatic carbocycles. The molecule has 1 saturated carbocycles. The first-order valence-corrected chi connectivity index (χ1v) is 12.1. The third kappa shape index (κ3) is 4.24. The smallest absolute Gasteiger partial charge is 0.407 e. The van der Waals surface area contributed by atoms with E-state index < -0.39 is 21.7 Å². The number of aromatic nitrogens is 2. The molecule has 3 aliphatic rings. The Bertz CT molecular complexity index is 1110. The van der Waals surface area contributed by atoms with Gasteiger partial charge in [0, 0.05) is 23.2 Å². The van der Waals surface area contributed by atoms with Crippen LogP contribution < -0.4 is 10.6 Å². The van der Waals surface area contributed by atoms with Crippen molar-refractivity contribution in [3.63, 3.8) is 0 Å². The van der Waals surface area contributed by atoms with Gasteiger partial charge in [0.25, 0.3) is 0 Å². The number of carbonyl (C=O) groups is 1. The van der Waals surface area contributed by atoms with Crippen LogP contribution in [0.4, 0.5) is 20.7 Å². The lowest BCUT2D eigenvalue weighted by molar-refractivity contribution is -0.00832. The molecule has 3 N–H and O–H groups in total. The zero-order valence-electron chi connectivity index (χ0n) is 16.7. The average molecular weight is 450 g/mol. The van der Waals surface area contributed by atoms with Gasteiger partial charge in [-0.2, -0.15) is 5.10 Å². The topological polar surface area (TPSA) is 122 Å². The molecule has 2 aliphatic heterocycles. The molecular weight excluding hydrogens is 427 g/mol. The molecule has 5 rings (SSSR count).